The SMILES string of the molecule is CC(C)(C)c1ccc(Cn2ccc3cccc(N)c32)cc1. The molecule has 1 heterocycles. The van der Waals surface area contributed by atoms with Gasteiger partial charge in [-0.2, -0.15) is 0 Å². The number of para-hydroxylation sites is 1. The van der Waals surface area contributed by atoms with Crippen LogP contribution in [-0.4, -0.2) is 4.57 Å². The third-order valence-corrected chi connectivity index (χ3v) is 3.99. The fraction of sp³-hybridized carbons (Fsp3) is 0.263. The predicted octanol–water partition coefficient (Wildman–Crippen LogP) is 4.57. The molecule has 0 amide bonds. The van der Waals surface area contributed by atoms with Crippen molar-refractivity contribution in [2.45, 2.75) is 32.7 Å². The van der Waals surface area contributed by atoms with E-state index < -0.39 is 0 Å². The van der Waals surface area contributed by atoms with Crippen molar-refractivity contribution in [3.63, 3.8) is 0 Å². The topological polar surface area (TPSA) is 30.9 Å². The molecule has 0 saturated heterocycles. The number of hydrogen-bond acceptors (Lipinski definition) is 1. The van der Waals surface area contributed by atoms with E-state index >= 15 is 0 Å². The Bertz CT molecular complexity index is 758. The summed E-state index contributed by atoms with van der Waals surface area (Å²) in [4.78, 5) is 0. The summed E-state index contributed by atoms with van der Waals surface area (Å²) in [6.07, 6.45) is 2.11. The predicted molar refractivity (Wildman–Crippen MR) is 90.6 cm³/mol. The van der Waals surface area contributed by atoms with Crippen molar-refractivity contribution in [3.05, 3.63) is 65.9 Å². The van der Waals surface area contributed by atoms with Crippen molar-refractivity contribution in [2.24, 2.45) is 0 Å². The van der Waals surface area contributed by atoms with Gasteiger partial charge in [0.15, 0.2) is 0 Å². The Morgan fingerprint density at radius 2 is 1.67 bits per heavy atom. The average molecular weight is 278 g/mol. The van der Waals surface area contributed by atoms with Crippen LogP contribution in [0.4, 0.5) is 5.69 Å². The highest BCUT2D eigenvalue weighted by molar-refractivity contribution is 5.90. The van der Waals surface area contributed by atoms with Gasteiger partial charge in [0, 0.05) is 18.1 Å². The number of nitrogens with two attached hydrogens (primary N) is 1. The molecular weight excluding hydrogens is 256 g/mol. The number of anilines is 1. The maximum Gasteiger partial charge on any atom is 0.0716 e. The molecule has 0 atom stereocenters. The van der Waals surface area contributed by atoms with E-state index in [1.165, 1.54) is 16.5 Å². The number of aromatic nitrogens is 1. The van der Waals surface area contributed by atoms with E-state index in [4.69, 9.17) is 5.73 Å². The minimum atomic E-state index is 0.198. The molecule has 2 aromatic carbocycles. The Balaban J connectivity index is 1.92. The molecule has 0 saturated carbocycles. The summed E-state index contributed by atoms with van der Waals surface area (Å²) in [5.41, 5.74) is 10.9. The molecule has 0 bridgehead atoms. The van der Waals surface area contributed by atoms with Gasteiger partial charge in [0.2, 0.25) is 0 Å². The van der Waals surface area contributed by atoms with E-state index in [-0.39, 0.29) is 5.41 Å². The first kappa shape index (κ1) is 13.7. The van der Waals surface area contributed by atoms with Gasteiger partial charge in [-0.3, -0.25) is 0 Å². The van der Waals surface area contributed by atoms with Crippen molar-refractivity contribution in [2.75, 3.05) is 5.73 Å². The van der Waals surface area contributed by atoms with E-state index in [9.17, 15) is 0 Å². The molecule has 0 spiro atoms. The quantitative estimate of drug-likeness (QED) is 0.684. The molecule has 0 fully saturated rings. The number of nitrogens with zero attached hydrogens (tertiary/aromatic N) is 1. The molecule has 0 unspecified atom stereocenters. The number of nitrogen functional groups attached to an aromatic ring is 1. The van der Waals surface area contributed by atoms with Crippen LogP contribution in [0.25, 0.3) is 10.9 Å². The second-order valence-corrected chi connectivity index (χ2v) is 6.68. The number of fused-ring (bicyclic) bond motifs is 1. The zero-order valence-corrected chi connectivity index (χ0v) is 12.9. The van der Waals surface area contributed by atoms with Gasteiger partial charge in [-0.05, 0) is 28.7 Å². The first-order chi connectivity index (χ1) is 9.95. The molecule has 0 aliphatic carbocycles. The third-order valence-electron chi connectivity index (χ3n) is 3.99. The summed E-state index contributed by atoms with van der Waals surface area (Å²) in [7, 11) is 0. The zero-order valence-electron chi connectivity index (χ0n) is 12.9. The molecular formula is C19H22N2. The lowest BCUT2D eigenvalue weighted by Gasteiger charge is -2.19. The van der Waals surface area contributed by atoms with Crippen LogP contribution in [-0.2, 0) is 12.0 Å². The molecule has 2 N–H and O–H groups in total. The van der Waals surface area contributed by atoms with Crippen LogP contribution in [0.3, 0.4) is 0 Å². The van der Waals surface area contributed by atoms with Crippen LogP contribution >= 0.6 is 0 Å². The highest BCUT2D eigenvalue weighted by atomic mass is 15.0. The fourth-order valence-electron chi connectivity index (χ4n) is 2.73. The molecule has 3 rings (SSSR count). The summed E-state index contributed by atoms with van der Waals surface area (Å²) >= 11 is 0. The van der Waals surface area contributed by atoms with Crippen LogP contribution in [0, 0.1) is 0 Å². The van der Waals surface area contributed by atoms with Gasteiger partial charge in [-0.15, -0.1) is 0 Å². The molecule has 108 valence electrons. The highest BCUT2D eigenvalue weighted by Crippen LogP contribution is 2.25. The van der Waals surface area contributed by atoms with Gasteiger partial charge >= 0.3 is 0 Å². The first-order valence-electron chi connectivity index (χ1n) is 7.38. The van der Waals surface area contributed by atoms with E-state index in [2.05, 4.69) is 67.9 Å². The number of hydrogen-bond donors (Lipinski definition) is 1. The Hall–Kier alpha value is -2.22. The average Bonchev–Trinajstić information content (AvgIpc) is 2.83. The van der Waals surface area contributed by atoms with Gasteiger partial charge in [0.1, 0.15) is 0 Å². The van der Waals surface area contributed by atoms with E-state index in [0.29, 0.717) is 0 Å². The molecule has 1 aromatic heterocycles. The summed E-state index contributed by atoms with van der Waals surface area (Å²) in [5.74, 6) is 0. The lowest BCUT2D eigenvalue weighted by molar-refractivity contribution is 0.590. The van der Waals surface area contributed by atoms with Crippen LogP contribution < -0.4 is 5.73 Å². The standard InChI is InChI=1S/C19H22N2/c1-19(2,3)16-9-7-14(8-10-16)13-21-12-11-15-5-4-6-17(20)18(15)21/h4-12H,13,20H2,1-3H3. The molecule has 0 aliphatic heterocycles. The summed E-state index contributed by atoms with van der Waals surface area (Å²) in [6, 6.07) is 17.1. The van der Waals surface area contributed by atoms with Crippen LogP contribution in [0.2, 0.25) is 0 Å². The lowest BCUT2D eigenvalue weighted by Crippen LogP contribution is -2.11. The monoisotopic (exact) mass is 278 g/mol. The van der Waals surface area contributed by atoms with E-state index in [0.717, 1.165) is 17.7 Å². The minimum absolute atomic E-state index is 0.198. The molecule has 2 nitrogen and oxygen atoms in total. The molecule has 0 radical (unpaired) electrons. The highest BCUT2D eigenvalue weighted by Gasteiger charge is 2.13. The Kier molecular flexibility index (Phi) is 3.25. The van der Waals surface area contributed by atoms with Gasteiger partial charge < -0.3 is 10.3 Å². The van der Waals surface area contributed by atoms with Crippen molar-refractivity contribution in [1.29, 1.82) is 0 Å². The molecule has 3 aromatic rings. The molecule has 21 heavy (non-hydrogen) atoms. The largest absolute Gasteiger partial charge is 0.397 e. The molecule has 0 aliphatic rings. The smallest absolute Gasteiger partial charge is 0.0716 e. The van der Waals surface area contributed by atoms with Gasteiger partial charge in [-0.1, -0.05) is 57.2 Å². The van der Waals surface area contributed by atoms with Gasteiger partial charge in [-0.25, -0.2) is 0 Å². The van der Waals surface area contributed by atoms with Crippen molar-refractivity contribution < 1.29 is 0 Å². The van der Waals surface area contributed by atoms with Crippen LogP contribution in [0.15, 0.2) is 54.7 Å². The third kappa shape index (κ3) is 2.66. The second kappa shape index (κ2) is 4.96. The second-order valence-electron chi connectivity index (χ2n) is 6.68. The number of benzene rings is 2. The molecule has 2 heteroatoms. The van der Waals surface area contributed by atoms with Crippen molar-refractivity contribution >= 4 is 16.6 Å². The zero-order chi connectivity index (χ0) is 15.0. The van der Waals surface area contributed by atoms with Crippen LogP contribution in [0.1, 0.15) is 31.9 Å². The maximum atomic E-state index is 6.12. The van der Waals surface area contributed by atoms with Gasteiger partial charge in [0.05, 0.1) is 11.2 Å². The maximum absolute atomic E-state index is 6.12. The van der Waals surface area contributed by atoms with E-state index in [1.54, 1.807) is 0 Å². The van der Waals surface area contributed by atoms with Crippen LogP contribution in [0.5, 0.6) is 0 Å². The fourth-order valence-corrected chi connectivity index (χ4v) is 2.73. The van der Waals surface area contributed by atoms with Crippen molar-refractivity contribution in [3.8, 4) is 0 Å². The van der Waals surface area contributed by atoms with E-state index in [1.807, 2.05) is 12.1 Å². The minimum Gasteiger partial charge on any atom is -0.397 e. The van der Waals surface area contributed by atoms with Crippen molar-refractivity contribution in [1.82, 2.24) is 4.57 Å². The Morgan fingerprint density at radius 1 is 0.952 bits per heavy atom. The normalized spacial score (nSPS) is 12.0. The Labute approximate surface area is 126 Å². The first-order valence-corrected chi connectivity index (χ1v) is 7.38. The lowest BCUT2D eigenvalue weighted by atomic mass is 9.87. The summed E-state index contributed by atoms with van der Waals surface area (Å²) < 4.78 is 2.22. The van der Waals surface area contributed by atoms with Gasteiger partial charge in [0.25, 0.3) is 0 Å². The Morgan fingerprint density at radius 3 is 2.33 bits per heavy atom. The summed E-state index contributed by atoms with van der Waals surface area (Å²) in [5, 5.41) is 1.20. The number of rotatable bonds is 2. The summed E-state index contributed by atoms with van der Waals surface area (Å²) in [6.45, 7) is 7.56.